The fourth-order valence-electron chi connectivity index (χ4n) is 4.42. The zero-order valence-electron chi connectivity index (χ0n) is 19.4. The molecular formula is C20H34O17. The van der Waals surface area contributed by atoms with Crippen LogP contribution in [0.2, 0.25) is 0 Å². The van der Waals surface area contributed by atoms with Crippen molar-refractivity contribution in [2.24, 2.45) is 0 Å². The van der Waals surface area contributed by atoms with Crippen LogP contribution in [-0.2, 0) is 33.2 Å². The van der Waals surface area contributed by atoms with Crippen molar-refractivity contribution >= 4 is 0 Å². The van der Waals surface area contributed by atoms with Crippen LogP contribution in [0.5, 0.6) is 0 Å². The first-order valence-corrected chi connectivity index (χ1v) is 11.7. The summed E-state index contributed by atoms with van der Waals surface area (Å²) in [4.78, 5) is 0. The zero-order chi connectivity index (χ0) is 27.0. The lowest BCUT2D eigenvalue weighted by atomic mass is 10.1. The molecule has 10 N–H and O–H groups in total. The second kappa shape index (κ2) is 12.2. The van der Waals surface area contributed by atoms with E-state index in [-0.39, 0.29) is 13.2 Å². The van der Waals surface area contributed by atoms with E-state index in [1.54, 1.807) is 0 Å². The maximum atomic E-state index is 10.2. The molecule has 4 saturated heterocycles. The van der Waals surface area contributed by atoms with Gasteiger partial charge in [0.2, 0.25) is 0 Å². The van der Waals surface area contributed by atoms with Gasteiger partial charge in [-0.25, -0.2) is 0 Å². The molecule has 16 atom stereocenters. The summed E-state index contributed by atoms with van der Waals surface area (Å²) in [6.07, 6.45) is -21.9. The van der Waals surface area contributed by atoms with Crippen molar-refractivity contribution < 1.29 is 84.2 Å². The molecule has 4 rings (SSSR count). The third-order valence-electron chi connectivity index (χ3n) is 6.75. The van der Waals surface area contributed by atoms with Gasteiger partial charge in [-0.05, 0) is 0 Å². The average Bonchev–Trinajstić information content (AvgIpc) is 3.51. The SMILES string of the molecule is OCC1OC(OCC2OC(OCC3OC(OCC4OC(O)C(O)C4O)C(O)C3O)C(O)C2O)C(O)C1O. The highest BCUT2D eigenvalue weighted by Gasteiger charge is 2.49. The van der Waals surface area contributed by atoms with E-state index in [4.69, 9.17) is 38.3 Å². The lowest BCUT2D eigenvalue weighted by Gasteiger charge is -2.21. The van der Waals surface area contributed by atoms with E-state index >= 15 is 0 Å². The van der Waals surface area contributed by atoms with Gasteiger partial charge >= 0.3 is 0 Å². The van der Waals surface area contributed by atoms with Crippen LogP contribution in [0.25, 0.3) is 0 Å². The van der Waals surface area contributed by atoms with E-state index in [1.807, 2.05) is 0 Å². The summed E-state index contributed by atoms with van der Waals surface area (Å²) in [6.45, 7) is -1.71. The van der Waals surface area contributed by atoms with Crippen molar-refractivity contribution in [1.82, 2.24) is 0 Å². The molecule has 0 spiro atoms. The predicted octanol–water partition coefficient (Wildman–Crippen LogP) is -7.19. The summed E-state index contributed by atoms with van der Waals surface area (Å²) in [5.74, 6) is 0. The highest BCUT2D eigenvalue weighted by Crippen LogP contribution is 2.29. The molecule has 0 aromatic rings. The Labute approximate surface area is 209 Å². The third kappa shape index (κ3) is 6.08. The van der Waals surface area contributed by atoms with Crippen LogP contribution >= 0.6 is 0 Å². The van der Waals surface area contributed by atoms with Crippen molar-refractivity contribution in [2.45, 2.75) is 98.4 Å². The first kappa shape index (κ1) is 29.3. The maximum absolute atomic E-state index is 10.2. The summed E-state index contributed by atoms with van der Waals surface area (Å²) in [5, 5.41) is 98.4. The van der Waals surface area contributed by atoms with Gasteiger partial charge in [-0.2, -0.15) is 0 Å². The van der Waals surface area contributed by atoms with Crippen LogP contribution < -0.4 is 0 Å². The van der Waals surface area contributed by atoms with Gasteiger partial charge in [0.25, 0.3) is 0 Å². The third-order valence-corrected chi connectivity index (χ3v) is 6.75. The normalized spacial score (nSPS) is 52.4. The molecule has 216 valence electrons. The Bertz CT molecular complexity index is 731. The Morgan fingerprint density at radius 3 is 1.05 bits per heavy atom. The number of aliphatic hydroxyl groups is 10. The summed E-state index contributed by atoms with van der Waals surface area (Å²) in [6, 6.07) is 0. The van der Waals surface area contributed by atoms with E-state index in [0.717, 1.165) is 0 Å². The van der Waals surface area contributed by atoms with Crippen molar-refractivity contribution in [3.63, 3.8) is 0 Å². The van der Waals surface area contributed by atoms with Crippen LogP contribution in [0.4, 0.5) is 0 Å². The van der Waals surface area contributed by atoms with Gasteiger partial charge in [-0.3, -0.25) is 0 Å². The molecule has 0 aliphatic carbocycles. The number of rotatable bonds is 10. The molecule has 17 nitrogen and oxygen atoms in total. The Balaban J connectivity index is 1.21. The summed E-state index contributed by atoms with van der Waals surface area (Å²) >= 11 is 0. The van der Waals surface area contributed by atoms with E-state index in [0.29, 0.717) is 0 Å². The number of aliphatic hydroxyl groups excluding tert-OH is 10. The second-order valence-corrected chi connectivity index (χ2v) is 9.30. The minimum absolute atomic E-state index is 0.375. The fourth-order valence-corrected chi connectivity index (χ4v) is 4.42. The Hall–Kier alpha value is -0.680. The van der Waals surface area contributed by atoms with E-state index in [1.165, 1.54) is 0 Å². The van der Waals surface area contributed by atoms with E-state index in [9.17, 15) is 46.0 Å². The minimum Gasteiger partial charge on any atom is -0.394 e. The monoisotopic (exact) mass is 546 g/mol. The standard InChI is InChI=1S/C20H34O17/c21-1-5-9(22)14(27)18(35-5)32-3-7-11(24)16(29)20(37-7)33-4-8-12(25)15(28)19(36-8)31-2-6-10(23)13(26)17(30)34-6/h5-30H,1-4H2. The average molecular weight is 546 g/mol. The molecule has 0 aromatic heterocycles. The summed E-state index contributed by atoms with van der Waals surface area (Å²) in [7, 11) is 0. The van der Waals surface area contributed by atoms with Gasteiger partial charge in [0.05, 0.1) is 26.4 Å². The van der Waals surface area contributed by atoms with Crippen LogP contribution in [0.3, 0.4) is 0 Å². The van der Waals surface area contributed by atoms with Gasteiger partial charge < -0.3 is 84.2 Å². The lowest BCUT2D eigenvalue weighted by molar-refractivity contribution is -0.223. The highest BCUT2D eigenvalue weighted by molar-refractivity contribution is 4.92. The lowest BCUT2D eigenvalue weighted by Crippen LogP contribution is -2.39. The van der Waals surface area contributed by atoms with Gasteiger partial charge in [0, 0.05) is 0 Å². The Morgan fingerprint density at radius 2 is 0.730 bits per heavy atom. The van der Waals surface area contributed by atoms with E-state index in [2.05, 4.69) is 0 Å². The zero-order valence-corrected chi connectivity index (χ0v) is 19.4. The Morgan fingerprint density at radius 1 is 0.405 bits per heavy atom. The van der Waals surface area contributed by atoms with Crippen LogP contribution in [0.1, 0.15) is 0 Å². The molecule has 16 unspecified atom stereocenters. The number of hydrogen-bond acceptors (Lipinski definition) is 17. The number of ether oxygens (including phenoxy) is 7. The van der Waals surface area contributed by atoms with Gasteiger partial charge in [0.1, 0.15) is 73.2 Å². The minimum atomic E-state index is -1.60. The van der Waals surface area contributed by atoms with Crippen molar-refractivity contribution in [3.8, 4) is 0 Å². The molecule has 0 radical (unpaired) electrons. The fraction of sp³-hybridized carbons (Fsp3) is 1.00. The largest absolute Gasteiger partial charge is 0.394 e. The molecular weight excluding hydrogens is 512 g/mol. The maximum Gasteiger partial charge on any atom is 0.186 e. The molecule has 0 saturated carbocycles. The molecule has 37 heavy (non-hydrogen) atoms. The van der Waals surface area contributed by atoms with Crippen molar-refractivity contribution in [3.05, 3.63) is 0 Å². The predicted molar refractivity (Wildman–Crippen MR) is 110 cm³/mol. The first-order valence-electron chi connectivity index (χ1n) is 11.7. The summed E-state index contributed by atoms with van der Waals surface area (Å²) < 4.78 is 37.0. The molecule has 4 heterocycles. The molecule has 4 fully saturated rings. The van der Waals surface area contributed by atoms with Gasteiger partial charge in [0.15, 0.2) is 25.2 Å². The van der Waals surface area contributed by atoms with Gasteiger partial charge in [-0.15, -0.1) is 0 Å². The number of hydrogen-bond donors (Lipinski definition) is 10. The van der Waals surface area contributed by atoms with Crippen molar-refractivity contribution in [2.75, 3.05) is 26.4 Å². The van der Waals surface area contributed by atoms with Crippen LogP contribution in [0.15, 0.2) is 0 Å². The quantitative estimate of drug-likeness (QED) is 0.122. The molecule has 0 amide bonds. The highest BCUT2D eigenvalue weighted by atomic mass is 16.8. The van der Waals surface area contributed by atoms with Gasteiger partial charge in [-0.1, -0.05) is 0 Å². The Kier molecular flexibility index (Phi) is 9.69. The molecule has 4 aliphatic heterocycles. The molecule has 4 aliphatic rings. The summed E-state index contributed by atoms with van der Waals surface area (Å²) in [5.41, 5.74) is 0. The van der Waals surface area contributed by atoms with Crippen LogP contribution in [-0.4, -0.2) is 176 Å². The van der Waals surface area contributed by atoms with Crippen molar-refractivity contribution in [1.29, 1.82) is 0 Å². The van der Waals surface area contributed by atoms with Crippen LogP contribution in [0, 0.1) is 0 Å². The smallest absolute Gasteiger partial charge is 0.186 e. The second-order valence-electron chi connectivity index (χ2n) is 9.30. The van der Waals surface area contributed by atoms with E-state index < -0.39 is 112 Å². The first-order chi connectivity index (χ1) is 17.5. The molecule has 17 heteroatoms. The topological polar surface area (TPSA) is 267 Å². The molecule has 0 aromatic carbocycles. The molecule has 0 bridgehead atoms.